The molecule has 0 aliphatic heterocycles. The molecular weight excluding hydrogens is 448 g/mol. The first-order valence-electron chi connectivity index (χ1n) is 15.4. The van der Waals surface area contributed by atoms with Gasteiger partial charge in [-0.15, -0.1) is 0 Å². The van der Waals surface area contributed by atoms with Crippen molar-refractivity contribution in [2.24, 2.45) is 0 Å². The Labute approximate surface area is 229 Å². The van der Waals surface area contributed by atoms with Crippen LogP contribution in [0.4, 0.5) is 0 Å². The highest BCUT2D eigenvalue weighted by Gasteiger charge is 2.14. The first-order valence-corrected chi connectivity index (χ1v) is 15.4. The van der Waals surface area contributed by atoms with Gasteiger partial charge in [-0.2, -0.15) is 0 Å². The maximum absolute atomic E-state index is 6.67. The van der Waals surface area contributed by atoms with Crippen LogP contribution >= 0.6 is 0 Å². The lowest BCUT2D eigenvalue weighted by atomic mass is 9.98. The molecule has 37 heavy (non-hydrogen) atoms. The van der Waals surface area contributed by atoms with Crippen molar-refractivity contribution in [2.75, 3.05) is 0 Å². The van der Waals surface area contributed by atoms with Gasteiger partial charge in [-0.3, -0.25) is 0 Å². The van der Waals surface area contributed by atoms with Crippen molar-refractivity contribution in [1.82, 2.24) is 0 Å². The van der Waals surface area contributed by atoms with Crippen LogP contribution < -0.4 is 0 Å². The van der Waals surface area contributed by atoms with Gasteiger partial charge in [0, 0.05) is 11.1 Å². The Bertz CT molecular complexity index is 844. The molecule has 0 aromatic heterocycles. The predicted molar refractivity (Wildman–Crippen MR) is 165 cm³/mol. The molecule has 0 spiro atoms. The number of rotatable bonds is 20. The molecule has 2 aromatic carbocycles. The van der Waals surface area contributed by atoms with Crippen LogP contribution in [0, 0.1) is 0 Å². The van der Waals surface area contributed by atoms with Gasteiger partial charge < -0.3 is 4.74 Å². The molecule has 0 saturated carbocycles. The minimum Gasteiger partial charge on any atom is -0.457 e. The zero-order valence-corrected chi connectivity index (χ0v) is 24.5. The van der Waals surface area contributed by atoms with Gasteiger partial charge in [0.15, 0.2) is 0 Å². The molecule has 2 rings (SSSR count). The fraction of sp³-hybridized carbons (Fsp3) is 0.556. The van der Waals surface area contributed by atoms with E-state index in [9.17, 15) is 0 Å². The minimum absolute atomic E-state index is 0.970. The summed E-state index contributed by atoms with van der Waals surface area (Å²) in [7, 11) is 0. The van der Waals surface area contributed by atoms with Crippen LogP contribution in [-0.2, 0) is 17.6 Å². The van der Waals surface area contributed by atoms with Crippen LogP contribution in [0.25, 0.3) is 11.5 Å². The quantitative estimate of drug-likeness (QED) is 0.129. The molecule has 0 aliphatic carbocycles. The van der Waals surface area contributed by atoms with Crippen molar-refractivity contribution in [3.05, 3.63) is 82.9 Å². The molecule has 2 aromatic rings. The van der Waals surface area contributed by atoms with Crippen LogP contribution in [0.2, 0.25) is 0 Å². The summed E-state index contributed by atoms with van der Waals surface area (Å²) in [4.78, 5) is 0. The molecule has 0 fully saturated rings. The van der Waals surface area contributed by atoms with Gasteiger partial charge in [0.05, 0.1) is 0 Å². The highest BCUT2D eigenvalue weighted by atomic mass is 16.5. The number of aryl methyl sites for hydroxylation is 2. The van der Waals surface area contributed by atoms with Gasteiger partial charge in [0.1, 0.15) is 11.5 Å². The Hall–Kier alpha value is -2.28. The summed E-state index contributed by atoms with van der Waals surface area (Å²) in [6, 6.07) is 17.6. The number of benzene rings is 2. The summed E-state index contributed by atoms with van der Waals surface area (Å²) >= 11 is 0. The number of hydrogen-bond donors (Lipinski definition) is 0. The molecular formula is C36H54O. The van der Waals surface area contributed by atoms with E-state index in [0.717, 1.165) is 24.4 Å². The SMILES string of the molecule is CC=C(OC(=CC)c1ccccc1CCCCCCCCC)c1ccccc1CCCCCCCCC. The van der Waals surface area contributed by atoms with Crippen molar-refractivity contribution in [1.29, 1.82) is 0 Å². The summed E-state index contributed by atoms with van der Waals surface area (Å²) in [6.45, 7) is 8.76. The molecule has 1 heteroatoms. The average molecular weight is 503 g/mol. The molecule has 0 amide bonds. The summed E-state index contributed by atoms with van der Waals surface area (Å²) in [5.41, 5.74) is 5.27. The zero-order valence-electron chi connectivity index (χ0n) is 24.5. The molecule has 0 bridgehead atoms. The van der Waals surface area contributed by atoms with Gasteiger partial charge in [0.25, 0.3) is 0 Å². The lowest BCUT2D eigenvalue weighted by molar-refractivity contribution is 0.467. The van der Waals surface area contributed by atoms with E-state index >= 15 is 0 Å². The van der Waals surface area contributed by atoms with Gasteiger partial charge in [-0.1, -0.05) is 139 Å². The van der Waals surface area contributed by atoms with Crippen LogP contribution in [-0.4, -0.2) is 0 Å². The standard InChI is InChI=1S/C36H54O/c1-5-9-11-13-15-17-19-25-31-27-21-23-29-33(31)35(7-3)37-36(8-4)34-30-24-22-28-32(34)26-20-18-16-14-12-10-6-2/h7-8,21-24,27-30H,5-6,9-20,25-26H2,1-4H3. The molecule has 0 aliphatic rings. The fourth-order valence-corrected chi connectivity index (χ4v) is 5.16. The van der Waals surface area contributed by atoms with E-state index in [2.05, 4.69) is 88.4 Å². The molecule has 0 radical (unpaired) electrons. The lowest BCUT2D eigenvalue weighted by Crippen LogP contribution is -2.01. The third-order valence-corrected chi connectivity index (χ3v) is 7.41. The third-order valence-electron chi connectivity index (χ3n) is 7.41. The van der Waals surface area contributed by atoms with Gasteiger partial charge in [0.2, 0.25) is 0 Å². The second-order valence-corrected chi connectivity index (χ2v) is 10.5. The first kappa shape index (κ1) is 30.9. The van der Waals surface area contributed by atoms with E-state index in [4.69, 9.17) is 4.74 Å². The second-order valence-electron chi connectivity index (χ2n) is 10.5. The molecule has 204 valence electrons. The first-order chi connectivity index (χ1) is 18.2. The van der Waals surface area contributed by atoms with Crippen LogP contribution in [0.15, 0.2) is 60.7 Å². The van der Waals surface area contributed by atoms with Crippen molar-refractivity contribution in [2.45, 2.75) is 130 Å². The number of hydrogen-bond acceptors (Lipinski definition) is 1. The molecule has 0 N–H and O–H groups in total. The molecule has 0 saturated heterocycles. The summed E-state index contributed by atoms with van der Waals surface area (Å²) < 4.78 is 6.67. The van der Waals surface area contributed by atoms with Crippen molar-refractivity contribution in [3.63, 3.8) is 0 Å². The van der Waals surface area contributed by atoms with Crippen LogP contribution in [0.5, 0.6) is 0 Å². The Balaban J connectivity index is 2.00. The second kappa shape index (κ2) is 19.8. The zero-order chi connectivity index (χ0) is 26.6. The van der Waals surface area contributed by atoms with E-state index < -0.39 is 0 Å². The maximum Gasteiger partial charge on any atom is 0.130 e. The Kier molecular flexibility index (Phi) is 16.5. The Morgan fingerprint density at radius 3 is 1.24 bits per heavy atom. The normalized spacial score (nSPS) is 12.2. The van der Waals surface area contributed by atoms with Gasteiger partial charge in [-0.05, 0) is 62.8 Å². The van der Waals surface area contributed by atoms with E-state index in [-0.39, 0.29) is 0 Å². The number of allylic oxidation sites excluding steroid dienone is 2. The molecule has 0 heterocycles. The van der Waals surface area contributed by atoms with Crippen LogP contribution in [0.1, 0.15) is 140 Å². The van der Waals surface area contributed by atoms with Gasteiger partial charge in [-0.25, -0.2) is 0 Å². The average Bonchev–Trinajstić information content (AvgIpc) is 2.93. The minimum atomic E-state index is 0.970. The monoisotopic (exact) mass is 502 g/mol. The number of unbranched alkanes of at least 4 members (excludes halogenated alkanes) is 12. The topological polar surface area (TPSA) is 9.23 Å². The van der Waals surface area contributed by atoms with Crippen molar-refractivity contribution >= 4 is 11.5 Å². The largest absolute Gasteiger partial charge is 0.457 e. The lowest BCUT2D eigenvalue weighted by Gasteiger charge is -2.18. The highest BCUT2D eigenvalue weighted by molar-refractivity contribution is 5.72. The Morgan fingerprint density at radius 1 is 0.514 bits per heavy atom. The van der Waals surface area contributed by atoms with E-state index in [1.807, 2.05) is 0 Å². The maximum atomic E-state index is 6.67. The predicted octanol–water partition coefficient (Wildman–Crippen LogP) is 11.7. The summed E-state index contributed by atoms with van der Waals surface area (Å²) in [5.74, 6) is 1.94. The molecule has 0 unspecified atom stereocenters. The van der Waals surface area contributed by atoms with Gasteiger partial charge >= 0.3 is 0 Å². The molecule has 1 nitrogen and oxygen atoms in total. The summed E-state index contributed by atoms with van der Waals surface area (Å²) in [6.07, 6.45) is 25.2. The smallest absolute Gasteiger partial charge is 0.130 e. The third kappa shape index (κ3) is 11.8. The van der Waals surface area contributed by atoms with Crippen molar-refractivity contribution < 1.29 is 4.74 Å². The van der Waals surface area contributed by atoms with Crippen LogP contribution in [0.3, 0.4) is 0 Å². The molecule has 0 atom stereocenters. The van der Waals surface area contributed by atoms with E-state index in [0.29, 0.717) is 0 Å². The highest BCUT2D eigenvalue weighted by Crippen LogP contribution is 2.30. The van der Waals surface area contributed by atoms with Crippen molar-refractivity contribution in [3.8, 4) is 0 Å². The van der Waals surface area contributed by atoms with E-state index in [1.54, 1.807) is 0 Å². The number of ether oxygens (including phenoxy) is 1. The fourth-order valence-electron chi connectivity index (χ4n) is 5.16. The Morgan fingerprint density at radius 2 is 0.865 bits per heavy atom. The van der Waals surface area contributed by atoms with E-state index in [1.165, 1.54) is 112 Å². The summed E-state index contributed by atoms with van der Waals surface area (Å²) in [5, 5.41) is 0.